The number of benzene rings is 2. The Kier molecular flexibility index (Phi) is 5.57. The van der Waals surface area contributed by atoms with E-state index < -0.39 is 0 Å². The maximum atomic E-state index is 6.14. The summed E-state index contributed by atoms with van der Waals surface area (Å²) in [6.45, 7) is 9.99. The first-order valence-electron chi connectivity index (χ1n) is 9.26. The van der Waals surface area contributed by atoms with Gasteiger partial charge >= 0.3 is 0 Å². The van der Waals surface area contributed by atoms with Gasteiger partial charge in [-0.1, -0.05) is 30.3 Å². The molecule has 0 saturated carbocycles. The smallest absolute Gasteiger partial charge is 0.124 e. The van der Waals surface area contributed by atoms with Gasteiger partial charge in [0.25, 0.3) is 0 Å². The van der Waals surface area contributed by atoms with Crippen molar-refractivity contribution in [3.63, 3.8) is 0 Å². The van der Waals surface area contributed by atoms with Crippen LogP contribution in [-0.4, -0.2) is 37.2 Å². The Morgan fingerprint density at radius 3 is 2.76 bits per heavy atom. The molecule has 1 unspecified atom stereocenters. The topological polar surface area (TPSA) is 24.5 Å². The fourth-order valence-electron chi connectivity index (χ4n) is 4.37. The van der Waals surface area contributed by atoms with E-state index in [4.69, 9.17) is 4.74 Å². The second-order valence-corrected chi connectivity index (χ2v) is 7.82. The number of rotatable bonds is 4. The van der Waals surface area contributed by atoms with Gasteiger partial charge in [0.2, 0.25) is 0 Å². The molecule has 2 aliphatic rings. The summed E-state index contributed by atoms with van der Waals surface area (Å²) in [6.07, 6.45) is 2.85. The van der Waals surface area contributed by atoms with E-state index in [1.807, 2.05) is 0 Å². The molecule has 2 aromatic carbocycles. The molecule has 0 radical (unpaired) electrons. The molecule has 1 atom stereocenters. The maximum absolute atomic E-state index is 6.14. The van der Waals surface area contributed by atoms with Crippen LogP contribution in [0, 0.1) is 5.41 Å². The number of nitrogens with zero attached hydrogens (tertiary/aromatic N) is 1. The molecule has 1 spiro atoms. The summed E-state index contributed by atoms with van der Waals surface area (Å²) in [4.78, 5) is 2.63. The van der Waals surface area contributed by atoms with Crippen molar-refractivity contribution in [2.24, 2.45) is 5.41 Å². The molecule has 2 heterocycles. The van der Waals surface area contributed by atoms with Crippen molar-refractivity contribution in [2.75, 3.05) is 26.2 Å². The van der Waals surface area contributed by atoms with E-state index in [9.17, 15) is 0 Å². The molecule has 2 aromatic rings. The second kappa shape index (κ2) is 7.53. The van der Waals surface area contributed by atoms with Crippen molar-refractivity contribution < 1.29 is 4.74 Å². The maximum Gasteiger partial charge on any atom is 0.124 e. The number of ether oxygens (including phenoxy) is 1. The van der Waals surface area contributed by atoms with Crippen LogP contribution < -0.4 is 10.1 Å². The van der Waals surface area contributed by atoms with Crippen molar-refractivity contribution >= 4 is 23.2 Å². The van der Waals surface area contributed by atoms with Gasteiger partial charge in [-0.2, -0.15) is 0 Å². The fourth-order valence-corrected chi connectivity index (χ4v) is 4.37. The van der Waals surface area contributed by atoms with Crippen LogP contribution in [0.25, 0.3) is 10.8 Å². The Hall–Kier alpha value is -1.29. The molecule has 4 rings (SSSR count). The lowest BCUT2D eigenvalue weighted by Crippen LogP contribution is -2.29. The highest BCUT2D eigenvalue weighted by Gasteiger charge is 2.40. The summed E-state index contributed by atoms with van der Waals surface area (Å²) in [5.74, 6) is 1.05. The van der Waals surface area contributed by atoms with Gasteiger partial charge in [-0.3, -0.25) is 4.90 Å². The Bertz CT molecular complexity index is 725. The SMILES string of the molecule is CC(C)Oc1ccc2ccccc2c1CN1CCC2(CCNC2)C1.Cl. The summed E-state index contributed by atoms with van der Waals surface area (Å²) >= 11 is 0. The number of nitrogens with one attached hydrogen (secondary N) is 1. The molecule has 0 aliphatic carbocycles. The van der Waals surface area contributed by atoms with Gasteiger partial charge < -0.3 is 10.1 Å². The number of fused-ring (bicyclic) bond motifs is 1. The number of halogens is 1. The van der Waals surface area contributed by atoms with Crippen LogP contribution in [0.3, 0.4) is 0 Å². The highest BCUT2D eigenvalue weighted by atomic mass is 35.5. The molecule has 2 saturated heterocycles. The van der Waals surface area contributed by atoms with E-state index in [2.05, 4.69) is 60.5 Å². The van der Waals surface area contributed by atoms with Gasteiger partial charge in [0.05, 0.1) is 6.10 Å². The molecular weight excluding hydrogens is 332 g/mol. The summed E-state index contributed by atoms with van der Waals surface area (Å²) < 4.78 is 6.14. The first-order chi connectivity index (χ1) is 11.7. The van der Waals surface area contributed by atoms with Gasteiger partial charge in [-0.15, -0.1) is 12.4 Å². The first-order valence-corrected chi connectivity index (χ1v) is 9.26. The molecule has 3 nitrogen and oxygen atoms in total. The Labute approximate surface area is 157 Å². The Morgan fingerprint density at radius 1 is 1.16 bits per heavy atom. The summed E-state index contributed by atoms with van der Waals surface area (Å²) in [7, 11) is 0. The molecule has 25 heavy (non-hydrogen) atoms. The minimum absolute atomic E-state index is 0. The average molecular weight is 361 g/mol. The van der Waals surface area contributed by atoms with Gasteiger partial charge in [0.15, 0.2) is 0 Å². The summed E-state index contributed by atoms with van der Waals surface area (Å²) in [6, 6.07) is 13.0. The lowest BCUT2D eigenvalue weighted by molar-refractivity contribution is 0.230. The fraction of sp³-hybridized carbons (Fsp3) is 0.524. The van der Waals surface area contributed by atoms with Crippen LogP contribution in [0.5, 0.6) is 5.75 Å². The molecule has 1 N–H and O–H groups in total. The lowest BCUT2D eigenvalue weighted by atomic mass is 9.86. The molecule has 2 fully saturated rings. The van der Waals surface area contributed by atoms with Crippen molar-refractivity contribution in [2.45, 2.75) is 39.3 Å². The zero-order valence-electron chi connectivity index (χ0n) is 15.3. The predicted molar refractivity (Wildman–Crippen MR) is 107 cm³/mol. The quantitative estimate of drug-likeness (QED) is 0.882. The molecular formula is C21H29ClN2O. The van der Waals surface area contributed by atoms with E-state index in [1.165, 1.54) is 55.4 Å². The summed E-state index contributed by atoms with van der Waals surface area (Å²) in [5.41, 5.74) is 1.87. The molecule has 4 heteroatoms. The molecule has 2 aliphatic heterocycles. The van der Waals surface area contributed by atoms with Crippen LogP contribution in [0.15, 0.2) is 36.4 Å². The van der Waals surface area contributed by atoms with E-state index in [-0.39, 0.29) is 18.5 Å². The van der Waals surface area contributed by atoms with Crippen molar-refractivity contribution in [1.29, 1.82) is 0 Å². The van der Waals surface area contributed by atoms with Gasteiger partial charge in [-0.25, -0.2) is 0 Å². The van der Waals surface area contributed by atoms with E-state index in [1.54, 1.807) is 0 Å². The largest absolute Gasteiger partial charge is 0.491 e. The minimum Gasteiger partial charge on any atom is -0.491 e. The predicted octanol–water partition coefficient (Wildman–Crippen LogP) is 4.23. The molecule has 136 valence electrons. The van der Waals surface area contributed by atoms with Gasteiger partial charge in [0.1, 0.15) is 5.75 Å². The Balaban J connectivity index is 0.00000182. The van der Waals surface area contributed by atoms with Gasteiger partial charge in [-0.05, 0) is 62.0 Å². The third-order valence-corrected chi connectivity index (χ3v) is 5.59. The van der Waals surface area contributed by atoms with Crippen molar-refractivity contribution in [3.8, 4) is 5.75 Å². The highest BCUT2D eigenvalue weighted by molar-refractivity contribution is 5.87. The van der Waals surface area contributed by atoms with Crippen LogP contribution in [0.1, 0.15) is 32.3 Å². The van der Waals surface area contributed by atoms with E-state index in [0.717, 1.165) is 12.3 Å². The van der Waals surface area contributed by atoms with Crippen LogP contribution in [0.2, 0.25) is 0 Å². The van der Waals surface area contributed by atoms with Crippen molar-refractivity contribution in [3.05, 3.63) is 42.0 Å². The molecule has 0 aromatic heterocycles. The van der Waals surface area contributed by atoms with E-state index in [0.29, 0.717) is 5.41 Å². The zero-order valence-corrected chi connectivity index (χ0v) is 16.1. The summed E-state index contributed by atoms with van der Waals surface area (Å²) in [5, 5.41) is 6.20. The lowest BCUT2D eigenvalue weighted by Gasteiger charge is -2.24. The average Bonchev–Trinajstić information content (AvgIpc) is 3.19. The minimum atomic E-state index is 0. The van der Waals surface area contributed by atoms with Crippen LogP contribution >= 0.6 is 12.4 Å². The normalized spacial score (nSPS) is 23.5. The third kappa shape index (κ3) is 3.79. The third-order valence-electron chi connectivity index (χ3n) is 5.59. The monoisotopic (exact) mass is 360 g/mol. The Morgan fingerprint density at radius 2 is 2.00 bits per heavy atom. The van der Waals surface area contributed by atoms with Gasteiger partial charge in [0, 0.05) is 25.2 Å². The van der Waals surface area contributed by atoms with Crippen LogP contribution in [-0.2, 0) is 6.54 Å². The number of likely N-dealkylation sites (tertiary alicyclic amines) is 1. The first kappa shape index (κ1) is 18.5. The zero-order chi connectivity index (χ0) is 16.6. The molecule has 0 bridgehead atoms. The standard InChI is InChI=1S/C21H28N2O.ClH/c1-16(2)24-20-8-7-17-5-3-4-6-18(17)19(20)13-23-12-10-21(15-23)9-11-22-14-21;/h3-8,16,22H,9-15H2,1-2H3;1H. The van der Waals surface area contributed by atoms with Crippen LogP contribution in [0.4, 0.5) is 0 Å². The van der Waals surface area contributed by atoms with Crippen molar-refractivity contribution in [1.82, 2.24) is 10.2 Å². The number of hydrogen-bond acceptors (Lipinski definition) is 3. The number of hydrogen-bond donors (Lipinski definition) is 1. The van der Waals surface area contributed by atoms with E-state index >= 15 is 0 Å². The second-order valence-electron chi connectivity index (χ2n) is 7.82. The molecule has 0 amide bonds. The highest BCUT2D eigenvalue weighted by Crippen LogP contribution is 2.38.